The van der Waals surface area contributed by atoms with Crippen molar-refractivity contribution in [1.82, 2.24) is 0 Å². The predicted molar refractivity (Wildman–Crippen MR) is 66.6 cm³/mol. The van der Waals surface area contributed by atoms with Gasteiger partial charge < -0.3 is 0 Å². The summed E-state index contributed by atoms with van der Waals surface area (Å²) in [5, 5.41) is 0. The Hall–Kier alpha value is 0. The van der Waals surface area contributed by atoms with E-state index in [4.69, 9.17) is 0 Å². The van der Waals surface area contributed by atoms with Gasteiger partial charge in [0.1, 0.15) is 0 Å². The van der Waals surface area contributed by atoms with Gasteiger partial charge in [-0.1, -0.05) is 66.7 Å². The van der Waals surface area contributed by atoms with Crippen LogP contribution in [-0.4, -0.2) is 0 Å². The first kappa shape index (κ1) is 14.0. The summed E-state index contributed by atoms with van der Waals surface area (Å²) in [5.41, 5.74) is 0.645. The molecule has 0 aliphatic heterocycles. The van der Waals surface area contributed by atoms with Crippen molar-refractivity contribution in [3.05, 3.63) is 0 Å². The van der Waals surface area contributed by atoms with E-state index in [2.05, 4.69) is 34.6 Å². The minimum atomic E-state index is 0.645. The zero-order chi connectivity index (χ0) is 11.0. The second-order valence-electron chi connectivity index (χ2n) is 5.08. The minimum Gasteiger partial charge on any atom is -0.0654 e. The molecule has 0 aromatic carbocycles. The lowest BCUT2D eigenvalue weighted by Gasteiger charge is -2.37. The molecule has 0 saturated heterocycles. The summed E-state index contributed by atoms with van der Waals surface area (Å²) in [6, 6.07) is 0. The summed E-state index contributed by atoms with van der Waals surface area (Å²) < 4.78 is 0. The molecular weight excluding hydrogens is 168 g/mol. The Morgan fingerprint density at radius 2 is 1.29 bits per heavy atom. The number of hydrogen-bond acceptors (Lipinski definition) is 0. The fourth-order valence-corrected chi connectivity index (χ4v) is 2.52. The summed E-state index contributed by atoms with van der Waals surface area (Å²) in [5.74, 6) is 0.852. The quantitative estimate of drug-likeness (QED) is 0.488. The third-order valence-corrected chi connectivity index (χ3v) is 3.99. The highest BCUT2D eigenvalue weighted by Gasteiger charge is 2.30. The van der Waals surface area contributed by atoms with Crippen LogP contribution in [0.1, 0.15) is 79.6 Å². The molecule has 14 heavy (non-hydrogen) atoms. The lowest BCUT2D eigenvalue weighted by molar-refractivity contribution is 0.137. The van der Waals surface area contributed by atoms with Gasteiger partial charge in [-0.15, -0.1) is 0 Å². The van der Waals surface area contributed by atoms with Gasteiger partial charge in [0.15, 0.2) is 0 Å². The summed E-state index contributed by atoms with van der Waals surface area (Å²) in [6.07, 6.45) is 9.77. The third-order valence-electron chi connectivity index (χ3n) is 3.99. The normalized spacial score (nSPS) is 12.4. The second-order valence-corrected chi connectivity index (χ2v) is 5.08. The second kappa shape index (κ2) is 7.31. The summed E-state index contributed by atoms with van der Waals surface area (Å²) in [4.78, 5) is 0. The van der Waals surface area contributed by atoms with Crippen LogP contribution in [0, 0.1) is 11.3 Å². The first-order valence-electron chi connectivity index (χ1n) is 6.63. The maximum Gasteiger partial charge on any atom is -0.0277 e. The molecule has 0 aromatic heterocycles. The van der Waals surface area contributed by atoms with E-state index in [1.54, 1.807) is 0 Å². The maximum absolute atomic E-state index is 2.41. The van der Waals surface area contributed by atoms with Crippen LogP contribution in [-0.2, 0) is 0 Å². The first-order valence-corrected chi connectivity index (χ1v) is 6.63. The SMILES string of the molecule is CCCCC(CC)(CCCC)C(C)C. The van der Waals surface area contributed by atoms with Gasteiger partial charge in [-0.05, 0) is 24.2 Å². The molecule has 0 aromatic rings. The van der Waals surface area contributed by atoms with Crippen molar-refractivity contribution in [3.63, 3.8) is 0 Å². The van der Waals surface area contributed by atoms with E-state index in [-0.39, 0.29) is 0 Å². The Balaban J connectivity index is 4.27. The van der Waals surface area contributed by atoms with Crippen molar-refractivity contribution in [1.29, 1.82) is 0 Å². The highest BCUT2D eigenvalue weighted by molar-refractivity contribution is 4.80. The summed E-state index contributed by atoms with van der Waals surface area (Å²) >= 11 is 0. The van der Waals surface area contributed by atoms with Crippen molar-refractivity contribution >= 4 is 0 Å². The predicted octanol–water partition coefficient (Wildman–Crippen LogP) is 5.42. The van der Waals surface area contributed by atoms with Crippen LogP contribution in [0.15, 0.2) is 0 Å². The van der Waals surface area contributed by atoms with E-state index >= 15 is 0 Å². The van der Waals surface area contributed by atoms with Gasteiger partial charge >= 0.3 is 0 Å². The number of unbranched alkanes of at least 4 members (excludes halogenated alkanes) is 2. The van der Waals surface area contributed by atoms with Crippen molar-refractivity contribution < 1.29 is 0 Å². The minimum absolute atomic E-state index is 0.645. The molecule has 0 fully saturated rings. The Bertz CT molecular complexity index is 116. The molecular formula is C14H30. The molecule has 0 spiro atoms. The topological polar surface area (TPSA) is 0 Å². The molecule has 0 saturated carbocycles. The molecule has 86 valence electrons. The van der Waals surface area contributed by atoms with Gasteiger partial charge in [-0.2, -0.15) is 0 Å². The van der Waals surface area contributed by atoms with Gasteiger partial charge in [-0.3, -0.25) is 0 Å². The van der Waals surface area contributed by atoms with Crippen molar-refractivity contribution in [2.45, 2.75) is 79.6 Å². The molecule has 0 heterocycles. The molecule has 0 aliphatic rings. The molecule has 0 radical (unpaired) electrons. The van der Waals surface area contributed by atoms with E-state index in [0.717, 1.165) is 5.92 Å². The van der Waals surface area contributed by atoms with E-state index in [1.807, 2.05) is 0 Å². The average Bonchev–Trinajstić information content (AvgIpc) is 2.18. The van der Waals surface area contributed by atoms with Crippen LogP contribution in [0.2, 0.25) is 0 Å². The molecule has 0 unspecified atom stereocenters. The van der Waals surface area contributed by atoms with Crippen LogP contribution in [0.3, 0.4) is 0 Å². The first-order chi connectivity index (χ1) is 6.63. The molecule has 0 nitrogen and oxygen atoms in total. The van der Waals surface area contributed by atoms with Crippen LogP contribution in [0.5, 0.6) is 0 Å². The Morgan fingerprint density at radius 1 is 0.857 bits per heavy atom. The Labute approximate surface area is 91.5 Å². The van der Waals surface area contributed by atoms with E-state index in [1.165, 1.54) is 44.9 Å². The highest BCUT2D eigenvalue weighted by atomic mass is 14.3. The molecule has 0 amide bonds. The third kappa shape index (κ3) is 4.02. The molecule has 0 N–H and O–H groups in total. The molecule has 0 atom stereocenters. The largest absolute Gasteiger partial charge is 0.0654 e. The Morgan fingerprint density at radius 3 is 1.50 bits per heavy atom. The van der Waals surface area contributed by atoms with E-state index < -0.39 is 0 Å². The Kier molecular flexibility index (Phi) is 7.31. The molecule has 0 aliphatic carbocycles. The standard InChI is InChI=1S/C14H30/c1-6-9-11-14(8-3,13(4)5)12-10-7-2/h13H,6-12H2,1-5H3. The fourth-order valence-electron chi connectivity index (χ4n) is 2.52. The monoisotopic (exact) mass is 198 g/mol. The smallest absolute Gasteiger partial charge is 0.0277 e. The van der Waals surface area contributed by atoms with Gasteiger partial charge in [0.25, 0.3) is 0 Å². The lowest BCUT2D eigenvalue weighted by atomic mass is 9.68. The summed E-state index contributed by atoms with van der Waals surface area (Å²) in [7, 11) is 0. The molecule has 0 rings (SSSR count). The lowest BCUT2D eigenvalue weighted by Crippen LogP contribution is -2.26. The zero-order valence-corrected chi connectivity index (χ0v) is 11.0. The van der Waals surface area contributed by atoms with E-state index in [0.29, 0.717) is 5.41 Å². The van der Waals surface area contributed by atoms with Crippen LogP contribution in [0.4, 0.5) is 0 Å². The average molecular weight is 198 g/mol. The zero-order valence-electron chi connectivity index (χ0n) is 11.0. The molecule has 0 heteroatoms. The van der Waals surface area contributed by atoms with Crippen LogP contribution in [0.25, 0.3) is 0 Å². The fraction of sp³-hybridized carbons (Fsp3) is 1.00. The van der Waals surface area contributed by atoms with Crippen LogP contribution < -0.4 is 0 Å². The summed E-state index contributed by atoms with van der Waals surface area (Å²) in [6.45, 7) is 11.8. The van der Waals surface area contributed by atoms with E-state index in [9.17, 15) is 0 Å². The van der Waals surface area contributed by atoms with Crippen molar-refractivity contribution in [2.75, 3.05) is 0 Å². The van der Waals surface area contributed by atoms with Gasteiger partial charge in [0, 0.05) is 0 Å². The van der Waals surface area contributed by atoms with Crippen molar-refractivity contribution in [2.24, 2.45) is 11.3 Å². The van der Waals surface area contributed by atoms with Gasteiger partial charge in [0.05, 0.1) is 0 Å². The van der Waals surface area contributed by atoms with Crippen molar-refractivity contribution in [3.8, 4) is 0 Å². The highest BCUT2D eigenvalue weighted by Crippen LogP contribution is 2.41. The van der Waals surface area contributed by atoms with Gasteiger partial charge in [0.2, 0.25) is 0 Å². The number of hydrogen-bond donors (Lipinski definition) is 0. The number of rotatable bonds is 8. The van der Waals surface area contributed by atoms with Crippen LogP contribution >= 0.6 is 0 Å². The van der Waals surface area contributed by atoms with Gasteiger partial charge in [-0.25, -0.2) is 0 Å². The molecule has 0 bridgehead atoms. The maximum atomic E-state index is 2.41.